The molecule has 0 unspecified atom stereocenters. The van der Waals surface area contributed by atoms with Gasteiger partial charge in [-0.1, -0.05) is 84.9 Å². The summed E-state index contributed by atoms with van der Waals surface area (Å²) < 4.78 is 5.42. The van der Waals surface area contributed by atoms with Gasteiger partial charge in [-0.05, 0) is 22.3 Å². The highest BCUT2D eigenvalue weighted by molar-refractivity contribution is 7.81. The van der Waals surface area contributed by atoms with Crippen LogP contribution >= 0.6 is 12.6 Å². The van der Waals surface area contributed by atoms with Crippen LogP contribution in [0.2, 0.25) is 0 Å². The molecule has 3 rings (SSSR count). The minimum atomic E-state index is -0.763. The van der Waals surface area contributed by atoms with E-state index in [2.05, 4.69) is 17.9 Å². The second-order valence-electron chi connectivity index (χ2n) is 6.64. The molecule has 0 heterocycles. The summed E-state index contributed by atoms with van der Waals surface area (Å²) >= 11 is 3.98. The van der Waals surface area contributed by atoms with Crippen molar-refractivity contribution in [2.75, 3.05) is 5.75 Å². The van der Waals surface area contributed by atoms with Gasteiger partial charge in [0, 0.05) is 6.42 Å². The number of esters is 1. The predicted octanol–water partition coefficient (Wildman–Crippen LogP) is 4.05. The molecule has 0 saturated carbocycles. The molecule has 5 heteroatoms. The van der Waals surface area contributed by atoms with Crippen LogP contribution in [0.25, 0.3) is 11.1 Å². The molecule has 1 N–H and O–H groups in total. The van der Waals surface area contributed by atoms with Gasteiger partial charge < -0.3 is 10.1 Å². The summed E-state index contributed by atoms with van der Waals surface area (Å²) in [7, 11) is 0. The Kier molecular flexibility index (Phi) is 7.47. The van der Waals surface area contributed by atoms with E-state index in [9.17, 15) is 9.59 Å². The van der Waals surface area contributed by atoms with Gasteiger partial charge in [-0.25, -0.2) is 4.79 Å². The number of amides is 1. The fourth-order valence-electron chi connectivity index (χ4n) is 2.96. The van der Waals surface area contributed by atoms with E-state index in [1.54, 1.807) is 0 Å². The fourth-order valence-corrected chi connectivity index (χ4v) is 3.05. The van der Waals surface area contributed by atoms with Crippen LogP contribution in [0.3, 0.4) is 0 Å². The van der Waals surface area contributed by atoms with Gasteiger partial charge in [0.15, 0.2) is 0 Å². The van der Waals surface area contributed by atoms with Crippen molar-refractivity contribution >= 4 is 24.5 Å². The lowest BCUT2D eigenvalue weighted by atomic mass is 10.0. The van der Waals surface area contributed by atoms with Crippen molar-refractivity contribution < 1.29 is 14.3 Å². The maximum atomic E-state index is 12.6. The van der Waals surface area contributed by atoms with Gasteiger partial charge in [0.25, 0.3) is 0 Å². The molecule has 0 fully saturated rings. The first-order chi connectivity index (χ1) is 14.2. The number of hydrogen-bond donors (Lipinski definition) is 2. The summed E-state index contributed by atoms with van der Waals surface area (Å²) in [5.41, 5.74) is 4.05. The van der Waals surface area contributed by atoms with Crippen LogP contribution in [-0.2, 0) is 27.4 Å². The van der Waals surface area contributed by atoms with E-state index in [4.69, 9.17) is 4.74 Å². The minimum absolute atomic E-state index is 0.00934. The van der Waals surface area contributed by atoms with Crippen molar-refractivity contribution in [1.82, 2.24) is 5.32 Å². The molecule has 0 spiro atoms. The third-order valence-corrected chi connectivity index (χ3v) is 4.78. The fraction of sp³-hybridized carbons (Fsp3) is 0.167. The monoisotopic (exact) mass is 405 g/mol. The van der Waals surface area contributed by atoms with Crippen LogP contribution in [0, 0.1) is 0 Å². The smallest absolute Gasteiger partial charge is 0.329 e. The maximum absolute atomic E-state index is 12.6. The number of thiol groups is 1. The number of nitrogens with one attached hydrogen (secondary N) is 1. The quantitative estimate of drug-likeness (QED) is 0.439. The number of ether oxygens (including phenoxy) is 1. The second-order valence-corrected chi connectivity index (χ2v) is 6.95. The summed E-state index contributed by atoms with van der Waals surface area (Å²) in [5, 5.41) is 2.71. The largest absolute Gasteiger partial charge is 0.459 e. The Balaban J connectivity index is 1.67. The molecule has 0 aliphatic carbocycles. The van der Waals surface area contributed by atoms with E-state index in [0.717, 1.165) is 22.3 Å². The van der Waals surface area contributed by atoms with E-state index in [1.165, 1.54) is 0 Å². The topological polar surface area (TPSA) is 55.4 Å². The standard InChI is InChI=1S/C24H23NO3S/c26-23(17-29)25-22(24(27)28-16-19-7-3-1-4-8-19)15-18-11-13-21(14-12-18)20-9-5-2-6-10-20/h1-14,22,29H,15-17H2,(H,25,26)/t22-/m0/s1. The zero-order chi connectivity index (χ0) is 20.5. The van der Waals surface area contributed by atoms with Gasteiger partial charge in [0.1, 0.15) is 12.6 Å². The molecule has 1 atom stereocenters. The van der Waals surface area contributed by atoms with Gasteiger partial charge >= 0.3 is 5.97 Å². The number of carbonyl (C=O) groups is 2. The lowest BCUT2D eigenvalue weighted by Gasteiger charge is -2.18. The highest BCUT2D eigenvalue weighted by Crippen LogP contribution is 2.20. The number of carbonyl (C=O) groups excluding carboxylic acids is 2. The summed E-state index contributed by atoms with van der Waals surface area (Å²) in [6, 6.07) is 26.7. The first-order valence-electron chi connectivity index (χ1n) is 9.41. The van der Waals surface area contributed by atoms with E-state index >= 15 is 0 Å². The Bertz CT molecular complexity index is 927. The number of hydrogen-bond acceptors (Lipinski definition) is 4. The van der Waals surface area contributed by atoms with E-state index < -0.39 is 12.0 Å². The highest BCUT2D eigenvalue weighted by Gasteiger charge is 2.22. The van der Waals surface area contributed by atoms with E-state index in [1.807, 2.05) is 84.9 Å². The Hall–Kier alpha value is -3.05. The molecule has 29 heavy (non-hydrogen) atoms. The van der Waals surface area contributed by atoms with Crippen molar-refractivity contribution in [3.8, 4) is 11.1 Å². The molecule has 3 aromatic rings. The van der Waals surface area contributed by atoms with Crippen molar-refractivity contribution in [3.63, 3.8) is 0 Å². The number of rotatable bonds is 8. The molecule has 0 bridgehead atoms. The Labute approximate surface area is 176 Å². The normalized spacial score (nSPS) is 11.5. The summed E-state index contributed by atoms with van der Waals surface area (Å²) in [5.74, 6) is -0.762. The molecule has 4 nitrogen and oxygen atoms in total. The van der Waals surface area contributed by atoms with Crippen LogP contribution in [0.15, 0.2) is 84.9 Å². The third kappa shape index (κ3) is 6.22. The van der Waals surface area contributed by atoms with E-state index in [0.29, 0.717) is 6.42 Å². The minimum Gasteiger partial charge on any atom is -0.459 e. The molecule has 3 aromatic carbocycles. The average molecular weight is 406 g/mol. The van der Waals surface area contributed by atoms with Crippen molar-refractivity contribution in [3.05, 3.63) is 96.1 Å². The molecule has 0 radical (unpaired) electrons. The molecular weight excluding hydrogens is 382 g/mol. The van der Waals surface area contributed by atoms with Crippen LogP contribution in [0.5, 0.6) is 0 Å². The molecule has 0 aromatic heterocycles. The van der Waals surface area contributed by atoms with Crippen molar-refractivity contribution in [1.29, 1.82) is 0 Å². The van der Waals surface area contributed by atoms with Gasteiger partial charge in [0.2, 0.25) is 5.91 Å². The second kappa shape index (κ2) is 10.5. The first-order valence-corrected chi connectivity index (χ1v) is 10.0. The number of benzene rings is 3. The van der Waals surface area contributed by atoms with Gasteiger partial charge in [0.05, 0.1) is 5.75 Å². The predicted molar refractivity (Wildman–Crippen MR) is 118 cm³/mol. The summed E-state index contributed by atoms with van der Waals surface area (Å²) in [6.07, 6.45) is 0.349. The molecule has 1 amide bonds. The molecule has 0 aliphatic heterocycles. The Morgan fingerprint density at radius 1 is 0.793 bits per heavy atom. The molecule has 148 valence electrons. The van der Waals surface area contributed by atoms with Crippen LogP contribution < -0.4 is 5.32 Å². The Morgan fingerprint density at radius 3 is 2.00 bits per heavy atom. The highest BCUT2D eigenvalue weighted by atomic mass is 32.1. The van der Waals surface area contributed by atoms with Gasteiger partial charge in [-0.3, -0.25) is 4.79 Å². The van der Waals surface area contributed by atoms with Crippen LogP contribution in [0.1, 0.15) is 11.1 Å². The maximum Gasteiger partial charge on any atom is 0.329 e. The van der Waals surface area contributed by atoms with Crippen LogP contribution in [-0.4, -0.2) is 23.7 Å². The molecule has 0 saturated heterocycles. The SMILES string of the molecule is O=C(CS)N[C@@H](Cc1ccc(-c2ccccc2)cc1)C(=O)OCc1ccccc1. The molecular formula is C24H23NO3S. The van der Waals surface area contributed by atoms with Gasteiger partial charge in [-0.15, -0.1) is 0 Å². The van der Waals surface area contributed by atoms with E-state index in [-0.39, 0.29) is 18.3 Å². The zero-order valence-corrected chi connectivity index (χ0v) is 16.8. The van der Waals surface area contributed by atoms with Crippen LogP contribution in [0.4, 0.5) is 0 Å². The zero-order valence-electron chi connectivity index (χ0n) is 16.0. The first kappa shape index (κ1) is 20.7. The van der Waals surface area contributed by atoms with Crippen molar-refractivity contribution in [2.45, 2.75) is 19.1 Å². The van der Waals surface area contributed by atoms with Crippen molar-refractivity contribution in [2.24, 2.45) is 0 Å². The average Bonchev–Trinajstić information content (AvgIpc) is 2.78. The molecule has 0 aliphatic rings. The van der Waals surface area contributed by atoms with Gasteiger partial charge in [-0.2, -0.15) is 12.6 Å². The summed E-state index contributed by atoms with van der Waals surface area (Å²) in [4.78, 5) is 24.4. The Morgan fingerprint density at radius 2 is 1.38 bits per heavy atom. The lowest BCUT2D eigenvalue weighted by molar-refractivity contribution is -0.148. The summed E-state index contributed by atoms with van der Waals surface area (Å²) in [6.45, 7) is 0.167. The third-order valence-electron chi connectivity index (χ3n) is 4.49. The lowest BCUT2D eigenvalue weighted by Crippen LogP contribution is -2.43.